The highest BCUT2D eigenvalue weighted by Crippen LogP contribution is 2.28. The second-order valence-corrected chi connectivity index (χ2v) is 5.36. The van der Waals surface area contributed by atoms with Crippen molar-refractivity contribution in [2.75, 3.05) is 0 Å². The van der Waals surface area contributed by atoms with E-state index in [1.807, 2.05) is 31.4 Å². The van der Waals surface area contributed by atoms with Gasteiger partial charge in [-0.1, -0.05) is 26.0 Å². The summed E-state index contributed by atoms with van der Waals surface area (Å²) in [6.07, 6.45) is 0. The average molecular weight is 275 g/mol. The third-order valence-electron chi connectivity index (χ3n) is 3.21. The van der Waals surface area contributed by atoms with Crippen molar-refractivity contribution in [3.8, 4) is 11.1 Å². The van der Waals surface area contributed by atoms with E-state index in [9.17, 15) is 14.3 Å². The van der Waals surface area contributed by atoms with E-state index in [-0.39, 0.29) is 11.5 Å². The lowest BCUT2D eigenvalue weighted by atomic mass is 10.1. The molecule has 4 heteroatoms. The molecule has 0 radical (unpaired) electrons. The van der Waals surface area contributed by atoms with Crippen LogP contribution in [0.2, 0.25) is 0 Å². The standard InChI is InChI=1S/C16H18FNO2/c1-10(2)9-18-11(3)8-14(15(18)16(19)20)12-4-6-13(17)7-5-12/h4-8,10H,9H2,1-3H3,(H,19,20). The highest BCUT2D eigenvalue weighted by Gasteiger charge is 2.20. The fraction of sp³-hybridized carbons (Fsp3) is 0.312. The third kappa shape index (κ3) is 2.74. The zero-order valence-corrected chi connectivity index (χ0v) is 11.9. The summed E-state index contributed by atoms with van der Waals surface area (Å²) >= 11 is 0. The number of carboxylic acid groups (broad SMARTS) is 1. The van der Waals surface area contributed by atoms with Crippen molar-refractivity contribution in [3.63, 3.8) is 0 Å². The minimum atomic E-state index is -0.960. The van der Waals surface area contributed by atoms with Crippen LogP contribution in [0, 0.1) is 18.7 Å². The molecule has 20 heavy (non-hydrogen) atoms. The second kappa shape index (κ2) is 5.49. The van der Waals surface area contributed by atoms with Crippen LogP contribution < -0.4 is 0 Å². The highest BCUT2D eigenvalue weighted by molar-refractivity contribution is 5.95. The Morgan fingerprint density at radius 1 is 1.30 bits per heavy atom. The monoisotopic (exact) mass is 275 g/mol. The Labute approximate surface area is 117 Å². The van der Waals surface area contributed by atoms with E-state index in [4.69, 9.17) is 0 Å². The maximum Gasteiger partial charge on any atom is 0.353 e. The Hall–Kier alpha value is -2.10. The van der Waals surface area contributed by atoms with Crippen LogP contribution in [-0.4, -0.2) is 15.6 Å². The van der Waals surface area contributed by atoms with E-state index < -0.39 is 5.97 Å². The van der Waals surface area contributed by atoms with Crippen molar-refractivity contribution in [2.45, 2.75) is 27.3 Å². The van der Waals surface area contributed by atoms with Crippen molar-refractivity contribution in [1.29, 1.82) is 0 Å². The largest absolute Gasteiger partial charge is 0.477 e. The summed E-state index contributed by atoms with van der Waals surface area (Å²) in [6.45, 7) is 6.63. The van der Waals surface area contributed by atoms with Crippen molar-refractivity contribution in [2.24, 2.45) is 5.92 Å². The van der Waals surface area contributed by atoms with Gasteiger partial charge in [0.25, 0.3) is 0 Å². The third-order valence-corrected chi connectivity index (χ3v) is 3.21. The highest BCUT2D eigenvalue weighted by atomic mass is 19.1. The normalized spacial score (nSPS) is 11.1. The van der Waals surface area contributed by atoms with Gasteiger partial charge in [-0.3, -0.25) is 0 Å². The molecule has 0 unspecified atom stereocenters. The molecule has 0 spiro atoms. The number of aromatic nitrogens is 1. The number of aryl methyl sites for hydroxylation is 1. The van der Waals surface area contributed by atoms with Crippen LogP contribution in [0.4, 0.5) is 4.39 Å². The van der Waals surface area contributed by atoms with E-state index in [1.165, 1.54) is 12.1 Å². The molecular formula is C16H18FNO2. The SMILES string of the molecule is Cc1cc(-c2ccc(F)cc2)c(C(=O)O)n1CC(C)C. The maximum absolute atomic E-state index is 13.0. The van der Waals surface area contributed by atoms with E-state index >= 15 is 0 Å². The lowest BCUT2D eigenvalue weighted by Crippen LogP contribution is -2.14. The summed E-state index contributed by atoms with van der Waals surface area (Å²) in [5, 5.41) is 9.49. The van der Waals surface area contributed by atoms with Gasteiger partial charge in [-0.2, -0.15) is 0 Å². The average Bonchev–Trinajstić information content (AvgIpc) is 2.67. The van der Waals surface area contributed by atoms with Gasteiger partial charge < -0.3 is 9.67 Å². The zero-order chi connectivity index (χ0) is 14.9. The van der Waals surface area contributed by atoms with Crippen molar-refractivity contribution in [3.05, 3.63) is 47.5 Å². The summed E-state index contributed by atoms with van der Waals surface area (Å²) in [5.41, 5.74) is 2.52. The predicted molar refractivity (Wildman–Crippen MR) is 76.4 cm³/mol. The summed E-state index contributed by atoms with van der Waals surface area (Å²) in [4.78, 5) is 11.6. The first-order valence-electron chi connectivity index (χ1n) is 6.59. The van der Waals surface area contributed by atoms with Crippen LogP contribution in [0.15, 0.2) is 30.3 Å². The van der Waals surface area contributed by atoms with E-state index in [0.29, 0.717) is 18.0 Å². The molecule has 1 heterocycles. The zero-order valence-electron chi connectivity index (χ0n) is 11.9. The number of halogens is 1. The second-order valence-electron chi connectivity index (χ2n) is 5.36. The van der Waals surface area contributed by atoms with E-state index in [1.54, 1.807) is 12.1 Å². The van der Waals surface area contributed by atoms with Crippen molar-refractivity contribution >= 4 is 5.97 Å². The van der Waals surface area contributed by atoms with Gasteiger partial charge in [0.15, 0.2) is 0 Å². The van der Waals surface area contributed by atoms with Gasteiger partial charge >= 0.3 is 5.97 Å². The van der Waals surface area contributed by atoms with Gasteiger partial charge in [0.05, 0.1) is 0 Å². The Morgan fingerprint density at radius 2 is 1.90 bits per heavy atom. The number of carbonyl (C=O) groups is 1. The Morgan fingerprint density at radius 3 is 2.40 bits per heavy atom. The number of carboxylic acids is 1. The number of hydrogen-bond acceptors (Lipinski definition) is 1. The van der Waals surface area contributed by atoms with Crippen molar-refractivity contribution < 1.29 is 14.3 Å². The molecule has 0 fully saturated rings. The topological polar surface area (TPSA) is 42.2 Å². The molecule has 1 aromatic carbocycles. The molecular weight excluding hydrogens is 257 g/mol. The Bertz CT molecular complexity index is 627. The van der Waals surface area contributed by atoms with Crippen molar-refractivity contribution in [1.82, 2.24) is 4.57 Å². The van der Waals surface area contributed by atoms with Gasteiger partial charge in [0.2, 0.25) is 0 Å². The molecule has 106 valence electrons. The van der Waals surface area contributed by atoms with Gasteiger partial charge in [0.1, 0.15) is 11.5 Å². The lowest BCUT2D eigenvalue weighted by molar-refractivity contribution is 0.0685. The Kier molecular flexibility index (Phi) is 3.93. The van der Waals surface area contributed by atoms with Crippen LogP contribution in [-0.2, 0) is 6.54 Å². The molecule has 2 rings (SSSR count). The maximum atomic E-state index is 13.0. The number of nitrogens with zero attached hydrogens (tertiary/aromatic N) is 1. The molecule has 0 amide bonds. The van der Waals surface area contributed by atoms with E-state index in [2.05, 4.69) is 0 Å². The van der Waals surface area contributed by atoms with E-state index in [0.717, 1.165) is 11.3 Å². The molecule has 0 saturated carbocycles. The Balaban J connectivity index is 2.58. The summed E-state index contributed by atoms with van der Waals surface area (Å²) in [7, 11) is 0. The summed E-state index contributed by atoms with van der Waals surface area (Å²) < 4.78 is 14.8. The first-order valence-corrected chi connectivity index (χ1v) is 6.59. The number of aromatic carboxylic acids is 1. The molecule has 0 aliphatic carbocycles. The smallest absolute Gasteiger partial charge is 0.353 e. The molecule has 1 N–H and O–H groups in total. The molecule has 0 aliphatic rings. The summed E-state index contributed by atoms with van der Waals surface area (Å²) in [6, 6.07) is 7.75. The quantitative estimate of drug-likeness (QED) is 0.917. The molecule has 0 aliphatic heterocycles. The number of rotatable bonds is 4. The molecule has 0 atom stereocenters. The number of benzene rings is 1. The van der Waals surface area contributed by atoms with Crippen LogP contribution in [0.25, 0.3) is 11.1 Å². The van der Waals surface area contributed by atoms with Gasteiger partial charge in [-0.15, -0.1) is 0 Å². The minimum absolute atomic E-state index is 0.266. The molecule has 2 aromatic rings. The van der Waals surface area contributed by atoms with Crippen LogP contribution >= 0.6 is 0 Å². The van der Waals surface area contributed by atoms with Gasteiger partial charge in [-0.25, -0.2) is 9.18 Å². The van der Waals surface area contributed by atoms with Crippen LogP contribution in [0.3, 0.4) is 0 Å². The molecule has 0 saturated heterocycles. The first-order chi connectivity index (χ1) is 9.40. The van der Waals surface area contributed by atoms with Gasteiger partial charge in [0, 0.05) is 17.8 Å². The number of hydrogen-bond donors (Lipinski definition) is 1. The summed E-state index contributed by atoms with van der Waals surface area (Å²) in [5.74, 6) is -0.942. The lowest BCUT2D eigenvalue weighted by Gasteiger charge is -2.12. The van der Waals surface area contributed by atoms with Crippen LogP contribution in [0.5, 0.6) is 0 Å². The van der Waals surface area contributed by atoms with Crippen LogP contribution in [0.1, 0.15) is 30.0 Å². The van der Waals surface area contributed by atoms with Gasteiger partial charge in [-0.05, 0) is 36.6 Å². The predicted octanol–water partition coefficient (Wildman–Crippen LogP) is 3.96. The molecule has 3 nitrogen and oxygen atoms in total. The first kappa shape index (κ1) is 14.3. The fourth-order valence-electron chi connectivity index (χ4n) is 2.36. The molecule has 0 bridgehead atoms. The minimum Gasteiger partial charge on any atom is -0.477 e. The molecule has 1 aromatic heterocycles. The fourth-order valence-corrected chi connectivity index (χ4v) is 2.36.